The number of furan rings is 1. The maximum atomic E-state index is 12.2. The Bertz CT molecular complexity index is 839. The van der Waals surface area contributed by atoms with Crippen LogP contribution in [0.3, 0.4) is 0 Å². The molecule has 2 aromatic rings. The Hall–Kier alpha value is -2.60. The van der Waals surface area contributed by atoms with Gasteiger partial charge < -0.3 is 15.1 Å². The molecule has 1 aliphatic rings. The smallest absolute Gasteiger partial charge is 0.344 e. The Morgan fingerprint density at radius 3 is 2.93 bits per heavy atom. The lowest BCUT2D eigenvalue weighted by atomic mass is 10.00. The summed E-state index contributed by atoms with van der Waals surface area (Å²) in [6.07, 6.45) is 2.02. The number of nitrogens with zero attached hydrogens (tertiary/aromatic N) is 3. The molecule has 1 fully saturated rings. The van der Waals surface area contributed by atoms with Gasteiger partial charge in [0.1, 0.15) is 11.3 Å². The summed E-state index contributed by atoms with van der Waals surface area (Å²) in [6.45, 7) is 3.88. The molecule has 10 nitrogen and oxygen atoms in total. The Morgan fingerprint density at radius 1 is 1.44 bits per heavy atom. The van der Waals surface area contributed by atoms with Gasteiger partial charge in [-0.3, -0.25) is 15.0 Å². The lowest BCUT2D eigenvalue weighted by Gasteiger charge is -2.19. The first kappa shape index (κ1) is 19.2. The van der Waals surface area contributed by atoms with E-state index in [4.69, 9.17) is 4.42 Å². The lowest BCUT2D eigenvalue weighted by Crippen LogP contribution is -2.49. The molecule has 1 atom stereocenters. The van der Waals surface area contributed by atoms with Gasteiger partial charge in [-0.2, -0.15) is 5.01 Å². The van der Waals surface area contributed by atoms with Crippen molar-refractivity contribution in [3.63, 3.8) is 0 Å². The zero-order valence-corrected chi connectivity index (χ0v) is 16.3. The second-order valence-corrected chi connectivity index (χ2v) is 8.09. The molecule has 0 aromatic carbocycles. The van der Waals surface area contributed by atoms with Crippen molar-refractivity contribution in [2.75, 3.05) is 11.1 Å². The van der Waals surface area contributed by atoms with E-state index in [2.05, 4.69) is 26.3 Å². The molecule has 27 heavy (non-hydrogen) atoms. The number of rotatable bonds is 8. The number of urea groups is 1. The van der Waals surface area contributed by atoms with Gasteiger partial charge in [-0.15, -0.1) is 10.2 Å². The first-order valence-corrected chi connectivity index (χ1v) is 9.90. The molecule has 0 saturated carbocycles. The number of hydrogen-bond acceptors (Lipinski definition) is 9. The van der Waals surface area contributed by atoms with Crippen molar-refractivity contribution < 1.29 is 18.8 Å². The summed E-state index contributed by atoms with van der Waals surface area (Å²) < 4.78 is 5.80. The average Bonchev–Trinajstić information content (AvgIpc) is 3.36. The van der Waals surface area contributed by atoms with E-state index in [1.54, 1.807) is 26.2 Å². The summed E-state index contributed by atoms with van der Waals surface area (Å²) in [4.78, 5) is 36.2. The molecular weight excluding hydrogens is 392 g/mol. The molecule has 1 unspecified atom stereocenters. The zero-order valence-electron chi connectivity index (χ0n) is 14.6. The number of amides is 4. The molecule has 1 saturated heterocycles. The van der Waals surface area contributed by atoms with Crippen molar-refractivity contribution in [2.45, 2.75) is 36.7 Å². The third-order valence-corrected chi connectivity index (χ3v) is 5.95. The summed E-state index contributed by atoms with van der Waals surface area (Å²) in [6, 6.07) is 3.00. The Balaban J connectivity index is 1.47. The molecule has 3 heterocycles. The number of nitrogens with one attached hydrogen (secondary N) is 3. The predicted molar refractivity (Wildman–Crippen MR) is 98.9 cm³/mol. The van der Waals surface area contributed by atoms with Gasteiger partial charge >= 0.3 is 6.03 Å². The van der Waals surface area contributed by atoms with Gasteiger partial charge in [0.2, 0.25) is 11.0 Å². The largest absolute Gasteiger partial charge is 0.467 e. The fourth-order valence-electron chi connectivity index (χ4n) is 2.23. The van der Waals surface area contributed by atoms with Crippen LogP contribution in [0.15, 0.2) is 27.2 Å². The average molecular weight is 410 g/mol. The van der Waals surface area contributed by atoms with E-state index in [9.17, 15) is 14.4 Å². The Labute approximate surface area is 163 Å². The Kier molecular flexibility index (Phi) is 5.65. The standard InChI is InChI=1S/C15H18N6O4S2/c1-3-15(2)11(23)21(13(24)17-15)20-10(22)8-26-14-19-18-12(27-14)16-7-9-5-4-6-25-9/h4-6H,3,7-8H2,1-2H3,(H,16,18)(H,17,24)(H,20,22). The highest BCUT2D eigenvalue weighted by atomic mass is 32.2. The first-order chi connectivity index (χ1) is 12.9. The monoisotopic (exact) mass is 410 g/mol. The number of carbonyl (C=O) groups is 3. The van der Waals surface area contributed by atoms with Crippen molar-refractivity contribution in [3.8, 4) is 0 Å². The normalized spacial score (nSPS) is 19.3. The topological polar surface area (TPSA) is 129 Å². The SMILES string of the molecule is CCC1(C)NC(=O)N(NC(=O)CSc2nnc(NCc3ccco3)s2)C1=O. The van der Waals surface area contributed by atoms with Crippen LogP contribution in [0.25, 0.3) is 0 Å². The fraction of sp³-hybridized carbons (Fsp3) is 0.400. The van der Waals surface area contributed by atoms with Crippen LogP contribution >= 0.6 is 23.1 Å². The second kappa shape index (κ2) is 7.96. The van der Waals surface area contributed by atoms with Crippen LogP contribution in [-0.2, 0) is 16.1 Å². The van der Waals surface area contributed by atoms with Gasteiger partial charge in [0, 0.05) is 0 Å². The zero-order chi connectivity index (χ0) is 19.4. The highest BCUT2D eigenvalue weighted by molar-refractivity contribution is 8.01. The molecule has 0 aliphatic carbocycles. The number of imide groups is 1. The minimum absolute atomic E-state index is 0.00723. The van der Waals surface area contributed by atoms with Gasteiger partial charge in [-0.25, -0.2) is 4.79 Å². The van der Waals surface area contributed by atoms with Gasteiger partial charge in [0.25, 0.3) is 5.91 Å². The van der Waals surface area contributed by atoms with Crippen LogP contribution in [0.2, 0.25) is 0 Å². The third kappa shape index (κ3) is 4.39. The number of carbonyl (C=O) groups excluding carboxylic acids is 3. The quantitative estimate of drug-likeness (QED) is 0.442. The number of hydrogen-bond donors (Lipinski definition) is 3. The molecule has 0 bridgehead atoms. The summed E-state index contributed by atoms with van der Waals surface area (Å²) in [5.74, 6) is -0.198. The minimum Gasteiger partial charge on any atom is -0.467 e. The van der Waals surface area contributed by atoms with E-state index in [1.165, 1.54) is 11.3 Å². The van der Waals surface area contributed by atoms with E-state index in [-0.39, 0.29) is 5.75 Å². The summed E-state index contributed by atoms with van der Waals surface area (Å²) in [5.41, 5.74) is 1.33. The highest BCUT2D eigenvalue weighted by Crippen LogP contribution is 2.26. The highest BCUT2D eigenvalue weighted by Gasteiger charge is 2.47. The molecule has 4 amide bonds. The van der Waals surface area contributed by atoms with Crippen LogP contribution < -0.4 is 16.1 Å². The fourth-order valence-corrected chi connectivity index (χ4v) is 3.77. The third-order valence-electron chi connectivity index (χ3n) is 3.93. The van der Waals surface area contributed by atoms with E-state index in [1.807, 2.05) is 6.07 Å². The van der Waals surface area contributed by atoms with Crippen LogP contribution in [0.4, 0.5) is 9.93 Å². The Morgan fingerprint density at radius 2 is 2.26 bits per heavy atom. The number of aromatic nitrogens is 2. The summed E-state index contributed by atoms with van der Waals surface area (Å²) >= 11 is 2.46. The van der Waals surface area contributed by atoms with Crippen molar-refractivity contribution in [1.29, 1.82) is 0 Å². The van der Waals surface area contributed by atoms with Gasteiger partial charge in [0.05, 0.1) is 18.6 Å². The maximum Gasteiger partial charge on any atom is 0.344 e. The molecule has 3 N–H and O–H groups in total. The first-order valence-electron chi connectivity index (χ1n) is 8.10. The number of thioether (sulfide) groups is 1. The van der Waals surface area contributed by atoms with Crippen molar-refractivity contribution in [3.05, 3.63) is 24.2 Å². The predicted octanol–water partition coefficient (Wildman–Crippen LogP) is 1.59. The van der Waals surface area contributed by atoms with Crippen LogP contribution in [0.1, 0.15) is 26.0 Å². The summed E-state index contributed by atoms with van der Waals surface area (Å²) in [7, 11) is 0. The summed E-state index contributed by atoms with van der Waals surface area (Å²) in [5, 5.41) is 14.9. The lowest BCUT2D eigenvalue weighted by molar-refractivity contribution is -0.137. The van der Waals surface area contributed by atoms with Gasteiger partial charge in [-0.05, 0) is 25.5 Å². The van der Waals surface area contributed by atoms with Gasteiger partial charge in [-0.1, -0.05) is 30.0 Å². The van der Waals surface area contributed by atoms with Gasteiger partial charge in [0.15, 0.2) is 4.34 Å². The van der Waals surface area contributed by atoms with Crippen molar-refractivity contribution in [2.24, 2.45) is 0 Å². The van der Waals surface area contributed by atoms with E-state index < -0.39 is 23.4 Å². The second-order valence-electron chi connectivity index (χ2n) is 5.89. The molecular formula is C15H18N6O4S2. The van der Waals surface area contributed by atoms with Crippen LogP contribution in [-0.4, -0.2) is 44.3 Å². The van der Waals surface area contributed by atoms with Crippen LogP contribution in [0, 0.1) is 0 Å². The minimum atomic E-state index is -0.995. The number of anilines is 1. The molecule has 3 rings (SSSR count). The van der Waals surface area contributed by atoms with Crippen molar-refractivity contribution in [1.82, 2.24) is 25.9 Å². The number of hydrazine groups is 1. The molecule has 0 radical (unpaired) electrons. The molecule has 1 aliphatic heterocycles. The van der Waals surface area contributed by atoms with E-state index in [0.717, 1.165) is 22.5 Å². The molecule has 144 valence electrons. The maximum absolute atomic E-state index is 12.2. The molecule has 0 spiro atoms. The molecule has 12 heteroatoms. The van der Waals surface area contributed by atoms with E-state index in [0.29, 0.717) is 22.4 Å². The van der Waals surface area contributed by atoms with Crippen LogP contribution in [0.5, 0.6) is 0 Å². The molecule has 2 aromatic heterocycles. The van der Waals surface area contributed by atoms with E-state index >= 15 is 0 Å². The van der Waals surface area contributed by atoms with Crippen molar-refractivity contribution >= 4 is 46.1 Å².